The van der Waals surface area contributed by atoms with Gasteiger partial charge < -0.3 is 10.1 Å². The SMILES string of the molecule is CCOc1ccccc1CN1CCN(CC2CCCNC2)C(C)C1.Cl. The van der Waals surface area contributed by atoms with Gasteiger partial charge in [0.2, 0.25) is 0 Å². The van der Waals surface area contributed by atoms with Crippen LogP contribution >= 0.6 is 12.4 Å². The number of hydrogen-bond acceptors (Lipinski definition) is 4. The Hall–Kier alpha value is -0.810. The normalized spacial score (nSPS) is 25.4. The molecular weight excluding hydrogens is 334 g/mol. The van der Waals surface area contributed by atoms with E-state index in [1.54, 1.807) is 0 Å². The van der Waals surface area contributed by atoms with Gasteiger partial charge in [0, 0.05) is 44.3 Å². The molecule has 0 spiro atoms. The number of nitrogens with one attached hydrogen (secondary N) is 1. The third-order valence-electron chi connectivity index (χ3n) is 5.41. The highest BCUT2D eigenvalue weighted by molar-refractivity contribution is 5.85. The molecule has 0 saturated carbocycles. The predicted octanol–water partition coefficient (Wildman–Crippen LogP) is 3.01. The van der Waals surface area contributed by atoms with Crippen molar-refractivity contribution in [3.8, 4) is 5.75 Å². The number of rotatable bonds is 6. The van der Waals surface area contributed by atoms with Crippen molar-refractivity contribution in [2.75, 3.05) is 45.9 Å². The Morgan fingerprint density at radius 2 is 2.08 bits per heavy atom. The zero-order valence-corrected chi connectivity index (χ0v) is 16.6. The van der Waals surface area contributed by atoms with Crippen LogP contribution in [0.4, 0.5) is 0 Å². The number of halogens is 1. The Bertz CT molecular complexity index is 507. The number of piperidine rings is 1. The summed E-state index contributed by atoms with van der Waals surface area (Å²) in [4.78, 5) is 5.28. The second kappa shape index (κ2) is 10.4. The van der Waals surface area contributed by atoms with E-state index in [0.29, 0.717) is 6.04 Å². The summed E-state index contributed by atoms with van der Waals surface area (Å²) in [5.41, 5.74) is 1.32. The molecule has 2 unspecified atom stereocenters. The number of piperazine rings is 1. The van der Waals surface area contributed by atoms with Crippen LogP contribution in [0, 0.1) is 5.92 Å². The van der Waals surface area contributed by atoms with Crippen molar-refractivity contribution >= 4 is 12.4 Å². The van der Waals surface area contributed by atoms with Crippen LogP contribution in [0.5, 0.6) is 5.75 Å². The molecular formula is C20H34ClN3O. The molecule has 2 fully saturated rings. The standard InChI is InChI=1S/C20H33N3O.ClH/c1-3-24-20-9-5-4-8-19(20)16-22-11-12-23(17(2)14-22)15-18-7-6-10-21-13-18;/h4-5,8-9,17-18,21H,3,6-7,10-16H2,1-2H3;1H. The minimum atomic E-state index is 0. The molecule has 2 aliphatic rings. The second-order valence-electron chi connectivity index (χ2n) is 7.33. The maximum absolute atomic E-state index is 5.78. The molecule has 1 aromatic carbocycles. The predicted molar refractivity (Wildman–Crippen MR) is 107 cm³/mol. The van der Waals surface area contributed by atoms with Crippen LogP contribution in [0.2, 0.25) is 0 Å². The summed E-state index contributed by atoms with van der Waals surface area (Å²) < 4.78 is 5.78. The number of hydrogen-bond donors (Lipinski definition) is 1. The van der Waals surface area contributed by atoms with Crippen molar-refractivity contribution in [3.05, 3.63) is 29.8 Å². The largest absolute Gasteiger partial charge is 0.494 e. The minimum Gasteiger partial charge on any atom is -0.494 e. The third-order valence-corrected chi connectivity index (χ3v) is 5.41. The van der Waals surface area contributed by atoms with Crippen LogP contribution < -0.4 is 10.1 Å². The topological polar surface area (TPSA) is 27.7 Å². The fraction of sp³-hybridized carbons (Fsp3) is 0.700. The fourth-order valence-electron chi connectivity index (χ4n) is 4.07. The molecule has 142 valence electrons. The smallest absolute Gasteiger partial charge is 0.123 e. The van der Waals surface area contributed by atoms with E-state index in [2.05, 4.69) is 53.2 Å². The molecule has 2 atom stereocenters. The fourth-order valence-corrected chi connectivity index (χ4v) is 4.07. The van der Waals surface area contributed by atoms with Gasteiger partial charge in [-0.05, 0) is 51.8 Å². The van der Waals surface area contributed by atoms with Gasteiger partial charge in [-0.1, -0.05) is 18.2 Å². The molecule has 4 nitrogen and oxygen atoms in total. The van der Waals surface area contributed by atoms with Crippen LogP contribution in [0.3, 0.4) is 0 Å². The minimum absolute atomic E-state index is 0. The van der Waals surface area contributed by atoms with Crippen LogP contribution in [0.15, 0.2) is 24.3 Å². The highest BCUT2D eigenvalue weighted by atomic mass is 35.5. The monoisotopic (exact) mass is 367 g/mol. The lowest BCUT2D eigenvalue weighted by Gasteiger charge is -2.42. The quantitative estimate of drug-likeness (QED) is 0.836. The van der Waals surface area contributed by atoms with E-state index in [-0.39, 0.29) is 12.4 Å². The van der Waals surface area contributed by atoms with E-state index in [1.807, 2.05) is 0 Å². The number of para-hydroxylation sites is 1. The van der Waals surface area contributed by atoms with Gasteiger partial charge in [0.25, 0.3) is 0 Å². The number of nitrogens with zero attached hydrogens (tertiary/aromatic N) is 2. The van der Waals surface area contributed by atoms with Crippen molar-refractivity contribution in [2.45, 2.75) is 39.3 Å². The maximum Gasteiger partial charge on any atom is 0.123 e. The van der Waals surface area contributed by atoms with Gasteiger partial charge in [-0.3, -0.25) is 9.80 Å². The first-order chi connectivity index (χ1) is 11.8. The lowest BCUT2D eigenvalue weighted by Crippen LogP contribution is -2.53. The van der Waals surface area contributed by atoms with Crippen molar-refractivity contribution < 1.29 is 4.74 Å². The third kappa shape index (κ3) is 5.85. The van der Waals surface area contributed by atoms with Crippen molar-refractivity contribution in [2.24, 2.45) is 5.92 Å². The zero-order valence-electron chi connectivity index (χ0n) is 15.7. The average Bonchev–Trinajstić information content (AvgIpc) is 2.60. The van der Waals surface area contributed by atoms with Gasteiger partial charge in [-0.2, -0.15) is 0 Å². The molecule has 2 heterocycles. The summed E-state index contributed by atoms with van der Waals surface area (Å²) in [7, 11) is 0. The highest BCUT2D eigenvalue weighted by Gasteiger charge is 2.26. The van der Waals surface area contributed by atoms with E-state index in [0.717, 1.165) is 37.9 Å². The average molecular weight is 368 g/mol. The van der Waals surface area contributed by atoms with Gasteiger partial charge in [0.15, 0.2) is 0 Å². The van der Waals surface area contributed by atoms with Crippen LogP contribution in [-0.2, 0) is 6.54 Å². The molecule has 2 saturated heterocycles. The van der Waals surface area contributed by atoms with E-state index < -0.39 is 0 Å². The molecule has 25 heavy (non-hydrogen) atoms. The van der Waals surface area contributed by atoms with E-state index in [4.69, 9.17) is 4.74 Å². The first-order valence-electron chi connectivity index (χ1n) is 9.64. The number of benzene rings is 1. The van der Waals surface area contributed by atoms with Gasteiger partial charge in [0.05, 0.1) is 6.61 Å². The zero-order chi connectivity index (χ0) is 16.8. The van der Waals surface area contributed by atoms with Crippen molar-refractivity contribution in [3.63, 3.8) is 0 Å². The van der Waals surface area contributed by atoms with E-state index in [1.165, 1.54) is 44.6 Å². The van der Waals surface area contributed by atoms with Crippen molar-refractivity contribution in [1.29, 1.82) is 0 Å². The van der Waals surface area contributed by atoms with Crippen molar-refractivity contribution in [1.82, 2.24) is 15.1 Å². The van der Waals surface area contributed by atoms with E-state index in [9.17, 15) is 0 Å². The molecule has 0 radical (unpaired) electrons. The first-order valence-corrected chi connectivity index (χ1v) is 9.64. The summed E-state index contributed by atoms with van der Waals surface area (Å²) in [5, 5.41) is 3.55. The van der Waals surface area contributed by atoms with Gasteiger partial charge in [-0.25, -0.2) is 0 Å². The van der Waals surface area contributed by atoms with Crippen LogP contribution in [0.1, 0.15) is 32.3 Å². The van der Waals surface area contributed by atoms with E-state index >= 15 is 0 Å². The molecule has 0 amide bonds. The summed E-state index contributed by atoms with van der Waals surface area (Å²) in [5.74, 6) is 1.88. The summed E-state index contributed by atoms with van der Waals surface area (Å²) in [6.45, 7) is 13.3. The molecule has 1 aromatic rings. The summed E-state index contributed by atoms with van der Waals surface area (Å²) in [6.07, 6.45) is 2.73. The summed E-state index contributed by atoms with van der Waals surface area (Å²) in [6, 6.07) is 9.12. The molecule has 0 bridgehead atoms. The summed E-state index contributed by atoms with van der Waals surface area (Å²) >= 11 is 0. The first kappa shape index (κ1) is 20.5. The Balaban J connectivity index is 0.00000225. The second-order valence-corrected chi connectivity index (χ2v) is 7.33. The molecule has 3 rings (SSSR count). The van der Waals surface area contributed by atoms with Gasteiger partial charge in [-0.15, -0.1) is 12.4 Å². The lowest BCUT2D eigenvalue weighted by molar-refractivity contribution is 0.0623. The molecule has 1 N–H and O–H groups in total. The Kier molecular flexibility index (Phi) is 8.50. The highest BCUT2D eigenvalue weighted by Crippen LogP contribution is 2.22. The van der Waals surface area contributed by atoms with Gasteiger partial charge in [0.1, 0.15) is 5.75 Å². The van der Waals surface area contributed by atoms with Crippen LogP contribution in [0.25, 0.3) is 0 Å². The van der Waals surface area contributed by atoms with Gasteiger partial charge >= 0.3 is 0 Å². The Labute approximate surface area is 159 Å². The molecule has 0 aliphatic carbocycles. The Morgan fingerprint density at radius 3 is 2.80 bits per heavy atom. The molecule has 0 aromatic heterocycles. The Morgan fingerprint density at radius 1 is 1.24 bits per heavy atom. The molecule has 5 heteroatoms. The molecule has 2 aliphatic heterocycles. The lowest BCUT2D eigenvalue weighted by atomic mass is 9.98. The number of ether oxygens (including phenoxy) is 1. The maximum atomic E-state index is 5.78. The van der Waals surface area contributed by atoms with Crippen LogP contribution in [-0.4, -0.2) is 61.7 Å².